The molecule has 0 aliphatic rings. The SMILES string of the molecule is COC(=O)c1ccc(CN(CCO)CCCCCNc2ncnc3cc(Cl)ccc23)cc1. The van der Waals surface area contributed by atoms with Crippen molar-refractivity contribution in [3.05, 3.63) is 64.9 Å². The van der Waals surface area contributed by atoms with Crippen LogP contribution < -0.4 is 5.32 Å². The first-order valence-electron chi connectivity index (χ1n) is 10.8. The lowest BCUT2D eigenvalue weighted by molar-refractivity contribution is 0.0600. The summed E-state index contributed by atoms with van der Waals surface area (Å²) in [5, 5.41) is 14.4. The number of fused-ring (bicyclic) bond motifs is 1. The summed E-state index contributed by atoms with van der Waals surface area (Å²) >= 11 is 6.04. The predicted octanol–water partition coefficient (Wildman–Crippen LogP) is 4.15. The van der Waals surface area contributed by atoms with Crippen molar-refractivity contribution in [2.24, 2.45) is 0 Å². The molecular weight excluding hydrogens is 428 g/mol. The second-order valence-electron chi connectivity index (χ2n) is 7.56. The van der Waals surface area contributed by atoms with Gasteiger partial charge in [-0.05, 0) is 55.3 Å². The minimum Gasteiger partial charge on any atom is -0.465 e. The fourth-order valence-electron chi connectivity index (χ4n) is 3.55. The molecule has 0 fully saturated rings. The standard InChI is InChI=1S/C24H29ClN4O3/c1-32-24(31)19-7-5-18(6-8-19)16-29(13-14-30)12-4-2-3-11-26-23-21-10-9-20(25)15-22(21)27-17-28-23/h5-10,15,17,30H,2-4,11-14,16H2,1H3,(H,26,27,28). The first kappa shape index (κ1) is 23.9. The van der Waals surface area contributed by atoms with E-state index < -0.39 is 0 Å². The van der Waals surface area contributed by atoms with Crippen LogP contribution in [-0.2, 0) is 11.3 Å². The number of halogens is 1. The number of rotatable bonds is 12. The van der Waals surface area contributed by atoms with Crippen LogP contribution in [-0.4, -0.2) is 59.3 Å². The molecule has 8 heteroatoms. The van der Waals surface area contributed by atoms with Gasteiger partial charge in [0.2, 0.25) is 0 Å². The fraction of sp³-hybridized carbons (Fsp3) is 0.375. The number of nitrogens with zero attached hydrogens (tertiary/aromatic N) is 3. The summed E-state index contributed by atoms with van der Waals surface area (Å²) in [5.41, 5.74) is 2.47. The van der Waals surface area contributed by atoms with Crippen molar-refractivity contribution in [2.45, 2.75) is 25.8 Å². The van der Waals surface area contributed by atoms with Gasteiger partial charge in [0, 0.05) is 30.0 Å². The van der Waals surface area contributed by atoms with E-state index in [-0.39, 0.29) is 12.6 Å². The zero-order valence-electron chi connectivity index (χ0n) is 18.3. The van der Waals surface area contributed by atoms with Crippen molar-refractivity contribution in [1.29, 1.82) is 0 Å². The average molecular weight is 457 g/mol. The van der Waals surface area contributed by atoms with E-state index >= 15 is 0 Å². The molecule has 2 aromatic carbocycles. The topological polar surface area (TPSA) is 87.6 Å². The summed E-state index contributed by atoms with van der Waals surface area (Å²) in [6.07, 6.45) is 4.65. The molecule has 0 saturated carbocycles. The van der Waals surface area contributed by atoms with Crippen LogP contribution in [0.5, 0.6) is 0 Å². The van der Waals surface area contributed by atoms with E-state index in [0.29, 0.717) is 17.1 Å². The highest BCUT2D eigenvalue weighted by Gasteiger charge is 2.08. The molecule has 0 amide bonds. The van der Waals surface area contributed by atoms with Gasteiger partial charge < -0.3 is 15.2 Å². The highest BCUT2D eigenvalue weighted by atomic mass is 35.5. The van der Waals surface area contributed by atoms with Crippen LogP contribution in [0.1, 0.15) is 35.2 Å². The molecule has 1 heterocycles. The van der Waals surface area contributed by atoms with Gasteiger partial charge in [0.15, 0.2) is 0 Å². The van der Waals surface area contributed by atoms with Gasteiger partial charge in [0.1, 0.15) is 12.1 Å². The molecular formula is C24H29ClN4O3. The molecule has 170 valence electrons. The molecule has 7 nitrogen and oxygen atoms in total. The zero-order chi connectivity index (χ0) is 22.8. The Labute approximate surface area is 193 Å². The Morgan fingerprint density at radius 1 is 1.09 bits per heavy atom. The minimum absolute atomic E-state index is 0.118. The zero-order valence-corrected chi connectivity index (χ0v) is 19.0. The number of benzene rings is 2. The molecule has 3 aromatic rings. The number of hydrogen-bond donors (Lipinski definition) is 2. The number of anilines is 1. The van der Waals surface area contributed by atoms with Crippen molar-refractivity contribution >= 4 is 34.3 Å². The van der Waals surface area contributed by atoms with Crippen LogP contribution in [0, 0.1) is 0 Å². The third-order valence-electron chi connectivity index (χ3n) is 5.24. The summed E-state index contributed by atoms with van der Waals surface area (Å²) in [6, 6.07) is 13.0. The van der Waals surface area contributed by atoms with E-state index in [9.17, 15) is 9.90 Å². The van der Waals surface area contributed by atoms with E-state index in [2.05, 4.69) is 20.2 Å². The van der Waals surface area contributed by atoms with Crippen molar-refractivity contribution in [2.75, 3.05) is 38.7 Å². The van der Waals surface area contributed by atoms with Gasteiger partial charge >= 0.3 is 5.97 Å². The van der Waals surface area contributed by atoms with Crippen LogP contribution in [0.25, 0.3) is 10.9 Å². The number of aromatic nitrogens is 2. The fourth-order valence-corrected chi connectivity index (χ4v) is 3.72. The van der Waals surface area contributed by atoms with Crippen molar-refractivity contribution < 1.29 is 14.6 Å². The van der Waals surface area contributed by atoms with E-state index in [0.717, 1.165) is 61.2 Å². The first-order valence-corrected chi connectivity index (χ1v) is 11.1. The number of aliphatic hydroxyl groups excluding tert-OH is 1. The lowest BCUT2D eigenvalue weighted by Gasteiger charge is -2.21. The van der Waals surface area contributed by atoms with E-state index in [1.54, 1.807) is 18.5 Å². The number of nitrogens with one attached hydrogen (secondary N) is 1. The Balaban J connectivity index is 1.42. The molecule has 1 aromatic heterocycles. The molecule has 32 heavy (non-hydrogen) atoms. The second-order valence-corrected chi connectivity index (χ2v) is 8.00. The van der Waals surface area contributed by atoms with Crippen LogP contribution in [0.4, 0.5) is 5.82 Å². The van der Waals surface area contributed by atoms with Gasteiger partial charge in [-0.25, -0.2) is 14.8 Å². The normalized spacial score (nSPS) is 11.1. The number of hydrogen-bond acceptors (Lipinski definition) is 7. The minimum atomic E-state index is -0.337. The number of carbonyl (C=O) groups excluding carboxylic acids is 1. The molecule has 2 N–H and O–H groups in total. The van der Waals surface area contributed by atoms with Crippen LogP contribution in [0.2, 0.25) is 5.02 Å². The molecule has 0 aliphatic heterocycles. The molecule has 0 spiro atoms. The predicted molar refractivity (Wildman–Crippen MR) is 127 cm³/mol. The molecule has 0 atom stereocenters. The molecule has 0 unspecified atom stereocenters. The number of esters is 1. The first-order chi connectivity index (χ1) is 15.6. The lowest BCUT2D eigenvalue weighted by atomic mass is 10.1. The Morgan fingerprint density at radius 2 is 1.91 bits per heavy atom. The van der Waals surface area contributed by atoms with Crippen molar-refractivity contribution in [3.63, 3.8) is 0 Å². The van der Waals surface area contributed by atoms with Gasteiger partial charge in [-0.15, -0.1) is 0 Å². The number of methoxy groups -OCH3 is 1. The Kier molecular flexibility index (Phi) is 9.22. The molecule has 0 saturated heterocycles. The summed E-state index contributed by atoms with van der Waals surface area (Å²) in [7, 11) is 1.38. The highest BCUT2D eigenvalue weighted by Crippen LogP contribution is 2.22. The quantitative estimate of drug-likeness (QED) is 0.312. The summed E-state index contributed by atoms with van der Waals surface area (Å²) in [6.45, 7) is 3.19. The maximum absolute atomic E-state index is 11.6. The third-order valence-corrected chi connectivity index (χ3v) is 5.47. The Hall–Kier alpha value is -2.74. The van der Waals surface area contributed by atoms with E-state index in [1.165, 1.54) is 7.11 Å². The van der Waals surface area contributed by atoms with Crippen molar-refractivity contribution in [3.8, 4) is 0 Å². The average Bonchev–Trinajstić information content (AvgIpc) is 2.81. The van der Waals surface area contributed by atoms with Crippen LogP contribution >= 0.6 is 11.6 Å². The Morgan fingerprint density at radius 3 is 2.66 bits per heavy atom. The van der Waals surface area contributed by atoms with Gasteiger partial charge in [-0.2, -0.15) is 0 Å². The summed E-state index contributed by atoms with van der Waals surface area (Å²) in [5.74, 6) is 0.486. The smallest absolute Gasteiger partial charge is 0.337 e. The van der Waals surface area contributed by atoms with E-state index in [1.807, 2.05) is 30.3 Å². The molecule has 0 aliphatic carbocycles. The van der Waals surface area contributed by atoms with E-state index in [4.69, 9.17) is 16.3 Å². The molecule has 3 rings (SSSR count). The molecule has 0 radical (unpaired) electrons. The van der Waals surface area contributed by atoms with Crippen molar-refractivity contribution in [1.82, 2.24) is 14.9 Å². The van der Waals surface area contributed by atoms with Gasteiger partial charge in [-0.3, -0.25) is 4.90 Å². The van der Waals surface area contributed by atoms with Gasteiger partial charge in [0.05, 0.1) is 24.8 Å². The lowest BCUT2D eigenvalue weighted by Crippen LogP contribution is -2.27. The number of unbranched alkanes of at least 4 members (excludes halogenated alkanes) is 2. The number of ether oxygens (including phenoxy) is 1. The maximum Gasteiger partial charge on any atom is 0.337 e. The number of carbonyl (C=O) groups is 1. The van der Waals surface area contributed by atoms with Crippen LogP contribution in [0.15, 0.2) is 48.8 Å². The second kappa shape index (κ2) is 12.3. The Bertz CT molecular complexity index is 1010. The summed E-state index contributed by atoms with van der Waals surface area (Å²) < 4.78 is 4.74. The molecule has 0 bridgehead atoms. The number of aliphatic hydroxyl groups is 1. The van der Waals surface area contributed by atoms with Crippen LogP contribution in [0.3, 0.4) is 0 Å². The van der Waals surface area contributed by atoms with Gasteiger partial charge in [0.25, 0.3) is 0 Å². The monoisotopic (exact) mass is 456 g/mol. The largest absolute Gasteiger partial charge is 0.465 e. The van der Waals surface area contributed by atoms with Gasteiger partial charge in [-0.1, -0.05) is 30.2 Å². The maximum atomic E-state index is 11.6. The highest BCUT2D eigenvalue weighted by molar-refractivity contribution is 6.31. The summed E-state index contributed by atoms with van der Waals surface area (Å²) in [4.78, 5) is 22.4. The third kappa shape index (κ3) is 6.88.